The Labute approximate surface area is 745 Å². The molecule has 20 rings (SSSR count). The molecule has 0 atom stereocenters. The Hall–Kier alpha value is -13.5. The van der Waals surface area contributed by atoms with E-state index >= 15 is 0 Å². The normalized spacial score (nSPS) is 18.1. The van der Waals surface area contributed by atoms with Crippen LogP contribution in [-0.2, 0) is 81.4 Å². The number of amides is 4. The van der Waals surface area contributed by atoms with Crippen LogP contribution in [0.2, 0.25) is 0 Å². The van der Waals surface area contributed by atoms with Crippen molar-refractivity contribution < 1.29 is 70.4 Å². The van der Waals surface area contributed by atoms with Crippen molar-refractivity contribution in [1.29, 1.82) is 0 Å². The maximum Gasteiger partial charge on any atom is 0.437 e. The van der Waals surface area contributed by atoms with Gasteiger partial charge in [0.15, 0.2) is 5.71 Å². The Balaban J connectivity index is 0.000000122. The van der Waals surface area contributed by atoms with E-state index in [1.807, 2.05) is 28.2 Å². The number of hydrogen-bond donors (Lipinski definition) is 11. The number of benzene rings is 4. The minimum Gasteiger partial charge on any atom is -0.324 e. The molecule has 15 N–H and O–H groups in total. The minimum absolute atomic E-state index is 0.0173. The zero-order valence-electron chi connectivity index (χ0n) is 70.0. The van der Waals surface area contributed by atoms with Gasteiger partial charge in [-0.1, -0.05) is 77.0 Å². The Morgan fingerprint density at radius 1 is 0.382 bits per heavy atom. The number of rotatable bonds is 12. The van der Waals surface area contributed by atoms with Crippen LogP contribution in [0, 0.1) is 0 Å². The summed E-state index contributed by atoms with van der Waals surface area (Å²) in [5.41, 5.74) is 8.73. The first-order valence-electron chi connectivity index (χ1n) is 41.7. The minimum atomic E-state index is -4.81. The molecule has 0 bridgehead atoms. The second-order valence-corrected chi connectivity index (χ2v) is 39.2. The van der Waals surface area contributed by atoms with E-state index < -0.39 is 86.0 Å². The molecule has 4 saturated carbocycles. The lowest BCUT2D eigenvalue weighted by Crippen LogP contribution is -2.48. The average Bonchev–Trinajstić information content (AvgIpc) is 1.58. The first kappa shape index (κ1) is 89.5. The van der Waals surface area contributed by atoms with Gasteiger partial charge in [0.25, 0.3) is 29.6 Å². The summed E-state index contributed by atoms with van der Waals surface area (Å²) in [6, 6.07) is 30.2. The molecule has 8 aromatic heterocycles. The number of nitrogens with one attached hydrogen (secondary N) is 7. The molecule has 4 aliphatic carbocycles. The van der Waals surface area contributed by atoms with Crippen LogP contribution >= 0.6 is 0 Å². The molecule has 12 aromatic rings. The molecule has 4 aliphatic heterocycles. The predicted molar refractivity (Wildman–Crippen MR) is 476 cm³/mol. The third-order valence-electron chi connectivity index (χ3n) is 24.6. The highest BCUT2D eigenvalue weighted by molar-refractivity contribution is 7.90. The molecule has 4 amide bonds. The van der Waals surface area contributed by atoms with Crippen molar-refractivity contribution in [3.63, 3.8) is 0 Å². The predicted octanol–water partition coefficient (Wildman–Crippen LogP) is 9.74. The van der Waals surface area contributed by atoms with Gasteiger partial charge in [-0.25, -0.2) is 95.4 Å². The highest BCUT2D eigenvalue weighted by atomic mass is 32.2. The summed E-state index contributed by atoms with van der Waals surface area (Å²) in [4.78, 5) is 88.4. The fourth-order valence-electron chi connectivity index (χ4n) is 18.4. The van der Waals surface area contributed by atoms with Crippen LogP contribution in [-0.4, -0.2) is 157 Å². The molecule has 682 valence electrons. The van der Waals surface area contributed by atoms with E-state index in [4.69, 9.17) is 30.5 Å². The van der Waals surface area contributed by atoms with Crippen LogP contribution in [0.5, 0.6) is 0 Å². The van der Waals surface area contributed by atoms with Gasteiger partial charge in [0.2, 0.25) is 63.9 Å². The van der Waals surface area contributed by atoms with Crippen LogP contribution in [0.25, 0.3) is 44.1 Å². The summed E-state index contributed by atoms with van der Waals surface area (Å²) in [5.74, 6) is -0.931. The molecular weight excluding hydrogens is 1790 g/mol. The molecule has 0 radical (unpaired) electrons. The lowest BCUT2D eigenvalue weighted by molar-refractivity contribution is -0.141. The zero-order valence-corrected chi connectivity index (χ0v) is 73.3. The summed E-state index contributed by atoms with van der Waals surface area (Å²) in [5, 5.41) is 52.3. The Bertz CT molecular complexity index is 7020. The van der Waals surface area contributed by atoms with Gasteiger partial charge >= 0.3 is 6.18 Å². The summed E-state index contributed by atoms with van der Waals surface area (Å²) in [7, 11) is -13.5. The van der Waals surface area contributed by atoms with Gasteiger partial charge in [-0.2, -0.15) is 52.8 Å². The number of likely N-dealkylation sites (N-methyl/N-ethyl adjacent to an activating group) is 1. The first-order chi connectivity index (χ1) is 62.3. The number of primary sulfonamides is 4. The van der Waals surface area contributed by atoms with Gasteiger partial charge in [0.1, 0.15) is 50.4 Å². The van der Waals surface area contributed by atoms with E-state index in [-0.39, 0.29) is 66.2 Å². The van der Waals surface area contributed by atoms with Crippen LogP contribution < -0.4 is 58.1 Å². The standard InChI is InChI=1S/C21H20F3N7O3S.2C21H23N7O3S.C20H20FN7O3S/c22-21(23,24)16-15-10-12-11-26-19(27-13-4-6-14(7-5-13)35(25,33)34)28-17(12)31(15)20(18(32)30-29-16)8-2-1-3-9-20;1-27-19(29)21(9-3-2-4-10-21)28-16(13-24-27)11-14-12-23-20(26-18(14)28)25-15-5-7-17(8-6-15)32(22,30)31;1-13-17-11-14-12-23-20(24-15-5-7-16(8-6-15)32(22,30)31)25-18(14)28(17)21(19(29)27-26-13)9-3-2-4-10-21;21-16-15-10-12-11-23-19(24-13-4-6-14(7-5-13)32(22,30)31)25-17(12)28(15)20(18(29)27-26-16)8-2-1-3-9-20/h4-7,10-11H,1-3,8-9H2,(H,30,32)(H2,25,33,34)(H,26,27,28);5-8,11-13H,2-4,9-10H2,1H3,(H2,22,30,31)(H,23,25,26);5-8,11-12H,2-4,9-10H2,1H3,(H,27,29)(H2,22,30,31)(H,23,24,25);4-7,10-11H,1-3,8-9H2,(H,27,29)(H2,22,30,31)(H,23,24,25). The third-order valence-corrected chi connectivity index (χ3v) is 28.4. The number of carbonyl (C=O) groups is 4. The van der Waals surface area contributed by atoms with Crippen LogP contribution in [0.4, 0.5) is 64.1 Å². The molecule has 131 heavy (non-hydrogen) atoms. The van der Waals surface area contributed by atoms with Crippen molar-refractivity contribution in [2.24, 2.45) is 41.0 Å². The smallest absolute Gasteiger partial charge is 0.324 e. The van der Waals surface area contributed by atoms with Crippen molar-refractivity contribution >= 4 is 178 Å². The van der Waals surface area contributed by atoms with Gasteiger partial charge in [0, 0.05) is 76.1 Å². The monoisotopic (exact) mass is 1870 g/mol. The number of hydrazone groups is 4. The number of anilines is 8. The summed E-state index contributed by atoms with van der Waals surface area (Å²) in [6.07, 6.45) is 18.9. The number of aromatic nitrogens is 12. The number of hydrogen-bond acceptors (Lipinski definition) is 28. The highest BCUT2D eigenvalue weighted by Crippen LogP contribution is 2.47. The number of halogens is 4. The van der Waals surface area contributed by atoms with E-state index in [9.17, 15) is 70.4 Å². The number of fused-ring (bicyclic) bond motifs is 16. The van der Waals surface area contributed by atoms with E-state index in [1.165, 1.54) is 94.6 Å². The lowest BCUT2D eigenvalue weighted by Gasteiger charge is -2.38. The van der Waals surface area contributed by atoms with Crippen molar-refractivity contribution in [2.45, 2.75) is 183 Å². The summed E-state index contributed by atoms with van der Waals surface area (Å²) < 4.78 is 155. The van der Waals surface area contributed by atoms with Gasteiger partial charge in [-0.05, 0) is 180 Å². The Kier molecular flexibility index (Phi) is 23.5. The van der Waals surface area contributed by atoms with E-state index in [0.29, 0.717) is 107 Å². The second-order valence-electron chi connectivity index (χ2n) is 33.0. The van der Waals surface area contributed by atoms with E-state index in [1.54, 1.807) is 66.8 Å². The lowest BCUT2D eigenvalue weighted by atomic mass is 9.80. The summed E-state index contributed by atoms with van der Waals surface area (Å²) in [6.45, 7) is 1.87. The summed E-state index contributed by atoms with van der Waals surface area (Å²) >= 11 is 0. The van der Waals surface area contributed by atoms with Crippen LogP contribution in [0.1, 0.15) is 158 Å². The van der Waals surface area contributed by atoms with Gasteiger partial charge < -0.3 is 39.5 Å². The highest BCUT2D eigenvalue weighted by Gasteiger charge is 2.52. The SMILES string of the molecule is CC1=NNC(=O)C2(CCCCC2)n2c1cc1cnc(Nc3ccc(S(N)(=O)=O)cc3)nc12.CN1N=Cc2cc3cnc(Nc4ccc(S(N)(=O)=O)cc4)nc3n2C2(CCCCC2)C1=O.NS(=O)(=O)c1ccc(Nc2ncc3cc4n(c3n2)C2(CCCCC2)C(=O)NN=C4C(F)(F)F)cc1.NS(=O)(=O)c1ccc(Nc2ncc3cc4n(c3n2)C2(CCCCC2)C(=O)NN=C4F)cc1. The molecule has 4 spiro atoms. The van der Waals surface area contributed by atoms with Crippen molar-refractivity contribution in [3.8, 4) is 0 Å². The molecule has 48 heteroatoms. The Morgan fingerprint density at radius 2 is 0.672 bits per heavy atom. The number of alkyl halides is 3. The average molecular weight is 1870 g/mol. The van der Waals surface area contributed by atoms with Crippen molar-refractivity contribution in [1.82, 2.24) is 79.4 Å². The molecule has 4 fully saturated rings. The van der Waals surface area contributed by atoms with Gasteiger partial charge in [0.05, 0.1) is 48.6 Å². The molecule has 12 heterocycles. The van der Waals surface area contributed by atoms with E-state index in [2.05, 4.69) is 87.9 Å². The van der Waals surface area contributed by atoms with Crippen LogP contribution in [0.15, 0.2) is 186 Å². The van der Waals surface area contributed by atoms with Gasteiger partial charge in [-0.3, -0.25) is 19.2 Å². The zero-order chi connectivity index (χ0) is 92.5. The third kappa shape index (κ3) is 17.4. The fraction of sp³-hybridized carbons (Fsp3) is 0.325. The maximum atomic E-state index is 14.8. The van der Waals surface area contributed by atoms with Crippen molar-refractivity contribution in [2.75, 3.05) is 28.3 Å². The number of sulfonamides is 4. The number of carbonyl (C=O) groups excluding carboxylic acids is 4. The van der Waals surface area contributed by atoms with Gasteiger partial charge in [-0.15, -0.1) is 5.10 Å². The largest absolute Gasteiger partial charge is 0.437 e. The number of nitrogens with two attached hydrogens (primary N) is 4. The molecular formula is C83H86F4N28O12S4. The number of nitrogens with zero attached hydrogens (tertiary/aromatic N) is 17. The molecule has 40 nitrogen and oxygen atoms in total. The molecule has 8 aliphatic rings. The Morgan fingerprint density at radius 3 is 1.02 bits per heavy atom. The molecule has 0 unspecified atom stereocenters. The molecule has 4 aromatic carbocycles. The quantitative estimate of drug-likeness (QED) is 0.0507. The second kappa shape index (κ2) is 34.4. The van der Waals surface area contributed by atoms with Crippen molar-refractivity contribution in [3.05, 3.63) is 169 Å². The first-order valence-corrected chi connectivity index (χ1v) is 47.8. The van der Waals surface area contributed by atoms with E-state index in [0.717, 1.165) is 112 Å². The maximum absolute atomic E-state index is 14.8. The molecule has 0 saturated heterocycles. The topological polar surface area (TPSA) is 569 Å². The fourth-order valence-corrected chi connectivity index (χ4v) is 20.4. The van der Waals surface area contributed by atoms with Crippen LogP contribution in [0.3, 0.4) is 0 Å².